The zero-order valence-electron chi connectivity index (χ0n) is 8.95. The Balaban J connectivity index is 2.24. The molecule has 1 aromatic carbocycles. The van der Waals surface area contributed by atoms with Gasteiger partial charge in [0.05, 0.1) is 12.1 Å². The van der Waals surface area contributed by atoms with Gasteiger partial charge >= 0.3 is 0 Å². The van der Waals surface area contributed by atoms with Crippen molar-refractivity contribution in [1.29, 1.82) is 0 Å². The van der Waals surface area contributed by atoms with Crippen LogP contribution in [0.4, 0.5) is 11.5 Å². The maximum atomic E-state index is 5.93. The van der Waals surface area contributed by atoms with Gasteiger partial charge in [-0.15, -0.1) is 0 Å². The second kappa shape index (κ2) is 5.21. The topological polar surface area (TPSA) is 47.0 Å². The van der Waals surface area contributed by atoms with E-state index in [-0.39, 0.29) is 0 Å². The van der Waals surface area contributed by atoms with E-state index in [1.807, 2.05) is 6.07 Å². The lowest BCUT2D eigenvalue weighted by molar-refractivity contribution is 0.415. The van der Waals surface area contributed by atoms with Gasteiger partial charge in [-0.2, -0.15) is 0 Å². The Kier molecular flexibility index (Phi) is 3.66. The molecule has 4 nitrogen and oxygen atoms in total. The average molecular weight is 270 g/mol. The summed E-state index contributed by atoms with van der Waals surface area (Å²) in [6.07, 6.45) is 1.39. The van der Waals surface area contributed by atoms with E-state index in [1.54, 1.807) is 25.3 Å². The minimum absolute atomic E-state index is 0.378. The van der Waals surface area contributed by atoms with Crippen LogP contribution < -0.4 is 10.1 Å². The number of halogens is 2. The molecule has 6 heteroatoms. The molecule has 2 aromatic rings. The van der Waals surface area contributed by atoms with Crippen LogP contribution in [0.2, 0.25) is 10.2 Å². The van der Waals surface area contributed by atoms with Crippen molar-refractivity contribution in [3.8, 4) is 5.75 Å². The molecule has 0 saturated heterocycles. The van der Waals surface area contributed by atoms with Crippen molar-refractivity contribution in [1.82, 2.24) is 9.97 Å². The summed E-state index contributed by atoms with van der Waals surface area (Å²) in [7, 11) is 1.56. The summed E-state index contributed by atoms with van der Waals surface area (Å²) in [5.74, 6) is 1.20. The van der Waals surface area contributed by atoms with Gasteiger partial charge in [-0.1, -0.05) is 23.2 Å². The molecule has 0 unspecified atom stereocenters. The number of hydrogen-bond acceptors (Lipinski definition) is 4. The van der Waals surface area contributed by atoms with E-state index < -0.39 is 0 Å². The molecule has 0 spiro atoms. The molecule has 88 valence electrons. The molecular weight excluding hydrogens is 261 g/mol. The first-order valence-electron chi connectivity index (χ1n) is 4.77. The summed E-state index contributed by atoms with van der Waals surface area (Å²) in [5, 5.41) is 4.01. The Labute approximate surface area is 109 Å². The van der Waals surface area contributed by atoms with Crippen LogP contribution in [0.3, 0.4) is 0 Å². The summed E-state index contributed by atoms with van der Waals surface area (Å²) in [5.41, 5.74) is 0.806. The Hall–Kier alpha value is -1.52. The molecule has 0 radical (unpaired) electrons. The quantitative estimate of drug-likeness (QED) is 0.866. The summed E-state index contributed by atoms with van der Waals surface area (Å²) >= 11 is 11.7. The van der Waals surface area contributed by atoms with E-state index in [0.29, 0.717) is 21.7 Å². The molecule has 1 aromatic heterocycles. The van der Waals surface area contributed by atoms with Gasteiger partial charge in [0, 0.05) is 17.8 Å². The second-order valence-corrected chi connectivity index (χ2v) is 3.99. The van der Waals surface area contributed by atoms with E-state index in [4.69, 9.17) is 27.9 Å². The number of rotatable bonds is 3. The minimum Gasteiger partial charge on any atom is -0.495 e. The molecule has 0 aliphatic rings. The zero-order valence-corrected chi connectivity index (χ0v) is 10.5. The van der Waals surface area contributed by atoms with E-state index in [2.05, 4.69) is 15.3 Å². The lowest BCUT2D eigenvalue weighted by atomic mass is 10.3. The van der Waals surface area contributed by atoms with E-state index in [9.17, 15) is 0 Å². The molecule has 0 atom stereocenters. The standard InChI is InChI=1S/C11H9Cl2N3O/c1-17-9-4-7(2-3-8(9)12)16-11-5-10(13)14-6-15-11/h2-6H,1H3,(H,14,15,16). The van der Waals surface area contributed by atoms with Gasteiger partial charge in [0.2, 0.25) is 0 Å². The summed E-state index contributed by atoms with van der Waals surface area (Å²) in [4.78, 5) is 7.83. The molecular formula is C11H9Cl2N3O. The molecule has 0 saturated carbocycles. The third-order valence-corrected chi connectivity index (χ3v) is 2.58. The van der Waals surface area contributed by atoms with Crippen LogP contribution in [0.1, 0.15) is 0 Å². The molecule has 0 aliphatic heterocycles. The minimum atomic E-state index is 0.378. The van der Waals surface area contributed by atoms with Crippen molar-refractivity contribution in [3.63, 3.8) is 0 Å². The molecule has 2 rings (SSSR count). The van der Waals surface area contributed by atoms with E-state index >= 15 is 0 Å². The smallest absolute Gasteiger partial charge is 0.139 e. The first kappa shape index (κ1) is 12.0. The highest BCUT2D eigenvalue weighted by Crippen LogP contribution is 2.28. The summed E-state index contributed by atoms with van der Waals surface area (Å²) in [6.45, 7) is 0. The number of nitrogens with one attached hydrogen (secondary N) is 1. The van der Waals surface area contributed by atoms with Crippen LogP contribution in [0.5, 0.6) is 5.75 Å². The highest BCUT2D eigenvalue weighted by Gasteiger charge is 2.03. The van der Waals surface area contributed by atoms with Gasteiger partial charge in [0.1, 0.15) is 23.0 Å². The SMILES string of the molecule is COc1cc(Nc2cc(Cl)ncn2)ccc1Cl. The van der Waals surface area contributed by atoms with Crippen molar-refractivity contribution in [2.24, 2.45) is 0 Å². The maximum Gasteiger partial charge on any atom is 0.139 e. The van der Waals surface area contributed by atoms with Crippen LogP contribution in [0, 0.1) is 0 Å². The second-order valence-electron chi connectivity index (χ2n) is 3.20. The van der Waals surface area contributed by atoms with Gasteiger partial charge in [0.15, 0.2) is 0 Å². The monoisotopic (exact) mass is 269 g/mol. The number of methoxy groups -OCH3 is 1. The Morgan fingerprint density at radius 2 is 2.00 bits per heavy atom. The first-order chi connectivity index (χ1) is 8.19. The molecule has 0 fully saturated rings. The largest absolute Gasteiger partial charge is 0.495 e. The van der Waals surface area contributed by atoms with Crippen LogP contribution in [-0.4, -0.2) is 17.1 Å². The van der Waals surface area contributed by atoms with Crippen molar-refractivity contribution in [2.75, 3.05) is 12.4 Å². The molecule has 1 heterocycles. The van der Waals surface area contributed by atoms with Crippen LogP contribution in [-0.2, 0) is 0 Å². The molecule has 0 bridgehead atoms. The van der Waals surface area contributed by atoms with Crippen LogP contribution >= 0.6 is 23.2 Å². The Morgan fingerprint density at radius 3 is 2.71 bits per heavy atom. The van der Waals surface area contributed by atoms with Gasteiger partial charge in [-0.05, 0) is 12.1 Å². The van der Waals surface area contributed by atoms with Crippen LogP contribution in [0.15, 0.2) is 30.6 Å². The fourth-order valence-electron chi connectivity index (χ4n) is 1.29. The lowest BCUT2D eigenvalue weighted by Crippen LogP contribution is -1.95. The Bertz CT molecular complexity index is 534. The molecule has 0 aliphatic carbocycles. The normalized spacial score (nSPS) is 10.1. The lowest BCUT2D eigenvalue weighted by Gasteiger charge is -2.08. The molecule has 17 heavy (non-hydrogen) atoms. The number of hydrogen-bond donors (Lipinski definition) is 1. The predicted molar refractivity (Wildman–Crippen MR) is 68.3 cm³/mol. The van der Waals surface area contributed by atoms with Crippen molar-refractivity contribution >= 4 is 34.7 Å². The van der Waals surface area contributed by atoms with Crippen LogP contribution in [0.25, 0.3) is 0 Å². The fraction of sp³-hybridized carbons (Fsp3) is 0.0909. The van der Waals surface area contributed by atoms with Gasteiger partial charge in [0.25, 0.3) is 0 Å². The number of ether oxygens (including phenoxy) is 1. The Morgan fingerprint density at radius 1 is 1.18 bits per heavy atom. The number of nitrogens with zero attached hydrogens (tertiary/aromatic N) is 2. The molecule has 1 N–H and O–H groups in total. The third kappa shape index (κ3) is 2.99. The maximum absolute atomic E-state index is 5.93. The number of benzene rings is 1. The summed E-state index contributed by atoms with van der Waals surface area (Å²) < 4.78 is 5.12. The number of aromatic nitrogens is 2. The highest BCUT2D eigenvalue weighted by atomic mass is 35.5. The average Bonchev–Trinajstić information content (AvgIpc) is 2.32. The van der Waals surface area contributed by atoms with Gasteiger partial charge in [-0.3, -0.25) is 0 Å². The van der Waals surface area contributed by atoms with E-state index in [1.165, 1.54) is 6.33 Å². The van der Waals surface area contributed by atoms with Gasteiger partial charge < -0.3 is 10.1 Å². The van der Waals surface area contributed by atoms with Gasteiger partial charge in [-0.25, -0.2) is 9.97 Å². The third-order valence-electron chi connectivity index (χ3n) is 2.06. The predicted octanol–water partition coefficient (Wildman–Crippen LogP) is 3.54. The van der Waals surface area contributed by atoms with Crippen molar-refractivity contribution in [2.45, 2.75) is 0 Å². The fourth-order valence-corrected chi connectivity index (χ4v) is 1.63. The highest BCUT2D eigenvalue weighted by molar-refractivity contribution is 6.32. The van der Waals surface area contributed by atoms with E-state index in [0.717, 1.165) is 5.69 Å². The zero-order chi connectivity index (χ0) is 12.3. The summed E-state index contributed by atoms with van der Waals surface area (Å²) in [6, 6.07) is 6.97. The number of anilines is 2. The first-order valence-corrected chi connectivity index (χ1v) is 5.53. The van der Waals surface area contributed by atoms with Crippen molar-refractivity contribution < 1.29 is 4.74 Å². The van der Waals surface area contributed by atoms with Crippen molar-refractivity contribution in [3.05, 3.63) is 40.8 Å². The molecule has 0 amide bonds.